The van der Waals surface area contributed by atoms with Crippen molar-refractivity contribution in [3.05, 3.63) is 78.0 Å². The molecule has 4 aromatic rings. The molecule has 0 saturated carbocycles. The quantitative estimate of drug-likeness (QED) is 0.316. The van der Waals surface area contributed by atoms with E-state index in [9.17, 15) is 13.5 Å². The monoisotopic (exact) mass is 494 g/mol. The fraction of sp³-hybridized carbons (Fsp3) is 0.231. The van der Waals surface area contributed by atoms with E-state index in [2.05, 4.69) is 9.71 Å². The number of aliphatic hydroxyl groups is 1. The Morgan fingerprint density at radius 1 is 1.12 bits per heavy atom. The summed E-state index contributed by atoms with van der Waals surface area (Å²) in [6, 6.07) is 18.9. The van der Waals surface area contributed by atoms with Crippen molar-refractivity contribution in [2.75, 3.05) is 19.5 Å². The average molecular weight is 495 g/mol. The summed E-state index contributed by atoms with van der Waals surface area (Å²) in [4.78, 5) is 4.46. The first-order chi connectivity index (χ1) is 16.5. The number of aromatic nitrogens is 1. The standard InChI is InChI=1S/C26H26N2O4S2/c1-33-22-8-6-17(7-9-22)19-12-18-10-11-32-26(18)25(14-19)34(30,31)28-21(16-29)13-20-15-27-24-5-3-2-4-23(20)24/h2-9,12,14-15,21,27-29H,10-11,13,16H2,1H3/t21-/m1/s1. The molecular weight excluding hydrogens is 468 g/mol. The second kappa shape index (κ2) is 9.46. The van der Waals surface area contributed by atoms with Gasteiger partial charge in [-0.1, -0.05) is 30.3 Å². The van der Waals surface area contributed by atoms with Crippen molar-refractivity contribution in [2.24, 2.45) is 0 Å². The summed E-state index contributed by atoms with van der Waals surface area (Å²) in [5, 5.41) is 11.0. The summed E-state index contributed by atoms with van der Waals surface area (Å²) in [6.45, 7) is 0.128. The lowest BCUT2D eigenvalue weighted by Gasteiger charge is -2.18. The van der Waals surface area contributed by atoms with E-state index in [-0.39, 0.29) is 11.5 Å². The summed E-state index contributed by atoms with van der Waals surface area (Å²) >= 11 is 1.66. The van der Waals surface area contributed by atoms with E-state index < -0.39 is 16.1 Å². The number of hydrogen-bond donors (Lipinski definition) is 3. The van der Waals surface area contributed by atoms with Crippen molar-refractivity contribution in [3.8, 4) is 16.9 Å². The molecule has 0 amide bonds. The topological polar surface area (TPSA) is 91.4 Å². The maximum Gasteiger partial charge on any atom is 0.244 e. The largest absolute Gasteiger partial charge is 0.492 e. The number of aromatic amines is 1. The van der Waals surface area contributed by atoms with Crippen LogP contribution < -0.4 is 9.46 Å². The summed E-state index contributed by atoms with van der Waals surface area (Å²) < 4.78 is 35.5. The molecule has 3 N–H and O–H groups in total. The second-order valence-corrected chi connectivity index (χ2v) is 10.9. The first kappa shape index (κ1) is 23.0. The van der Waals surface area contributed by atoms with Gasteiger partial charge in [-0.05, 0) is 65.3 Å². The van der Waals surface area contributed by atoms with Gasteiger partial charge in [0, 0.05) is 34.5 Å². The Labute approximate surface area is 203 Å². The van der Waals surface area contributed by atoms with E-state index in [4.69, 9.17) is 4.74 Å². The van der Waals surface area contributed by atoms with Crippen molar-refractivity contribution in [1.29, 1.82) is 0 Å². The molecule has 0 bridgehead atoms. The molecule has 1 atom stereocenters. The molecule has 2 heterocycles. The maximum absolute atomic E-state index is 13.5. The number of para-hydroxylation sites is 1. The van der Waals surface area contributed by atoms with Gasteiger partial charge in [0.2, 0.25) is 10.0 Å². The number of benzene rings is 3. The van der Waals surface area contributed by atoms with Crippen molar-refractivity contribution in [3.63, 3.8) is 0 Å². The van der Waals surface area contributed by atoms with Crippen LogP contribution in [0.1, 0.15) is 11.1 Å². The smallest absolute Gasteiger partial charge is 0.244 e. The molecule has 5 rings (SSSR count). The van der Waals surface area contributed by atoms with E-state index in [1.807, 2.05) is 67.0 Å². The fourth-order valence-corrected chi connectivity index (χ4v) is 6.26. The number of thioether (sulfide) groups is 1. The predicted octanol–water partition coefficient (Wildman–Crippen LogP) is 4.37. The highest BCUT2D eigenvalue weighted by Gasteiger charge is 2.29. The zero-order valence-corrected chi connectivity index (χ0v) is 20.4. The molecule has 1 aliphatic heterocycles. The van der Waals surface area contributed by atoms with Crippen molar-refractivity contribution in [1.82, 2.24) is 9.71 Å². The summed E-state index contributed by atoms with van der Waals surface area (Å²) in [7, 11) is -3.95. The molecule has 0 spiro atoms. The zero-order valence-electron chi connectivity index (χ0n) is 18.7. The van der Waals surface area contributed by atoms with Crippen LogP contribution in [0.2, 0.25) is 0 Å². The Kier molecular flexibility index (Phi) is 6.40. The third-order valence-electron chi connectivity index (χ3n) is 6.15. The lowest BCUT2D eigenvalue weighted by atomic mass is 10.0. The Balaban J connectivity index is 1.47. The van der Waals surface area contributed by atoms with Gasteiger partial charge in [-0.2, -0.15) is 0 Å². The van der Waals surface area contributed by atoms with Crippen LogP contribution in [0.3, 0.4) is 0 Å². The molecule has 8 heteroatoms. The normalized spacial score (nSPS) is 14.2. The molecule has 176 valence electrons. The minimum absolute atomic E-state index is 0.115. The van der Waals surface area contributed by atoms with Gasteiger partial charge in [-0.15, -0.1) is 11.8 Å². The first-order valence-electron chi connectivity index (χ1n) is 11.1. The van der Waals surface area contributed by atoms with Gasteiger partial charge in [0.1, 0.15) is 10.6 Å². The van der Waals surface area contributed by atoms with E-state index in [0.29, 0.717) is 25.2 Å². The van der Waals surface area contributed by atoms with Crippen molar-refractivity contribution >= 4 is 32.7 Å². The molecule has 1 aromatic heterocycles. The Morgan fingerprint density at radius 3 is 2.68 bits per heavy atom. The van der Waals surface area contributed by atoms with Crippen LogP contribution in [-0.2, 0) is 22.9 Å². The van der Waals surface area contributed by atoms with Gasteiger partial charge < -0.3 is 14.8 Å². The van der Waals surface area contributed by atoms with Crippen LogP contribution in [0.4, 0.5) is 0 Å². The molecule has 0 saturated heterocycles. The lowest BCUT2D eigenvalue weighted by Crippen LogP contribution is -2.39. The van der Waals surface area contributed by atoms with Gasteiger partial charge in [-0.25, -0.2) is 13.1 Å². The minimum atomic E-state index is -3.95. The van der Waals surface area contributed by atoms with Gasteiger partial charge >= 0.3 is 0 Å². The number of rotatable bonds is 8. The predicted molar refractivity (Wildman–Crippen MR) is 136 cm³/mol. The number of H-pyrrole nitrogens is 1. The van der Waals surface area contributed by atoms with Gasteiger partial charge in [0.05, 0.1) is 13.2 Å². The van der Waals surface area contributed by atoms with Gasteiger partial charge in [0.25, 0.3) is 0 Å². The van der Waals surface area contributed by atoms with Crippen LogP contribution in [0.15, 0.2) is 76.7 Å². The highest BCUT2D eigenvalue weighted by Crippen LogP contribution is 2.38. The first-order valence-corrected chi connectivity index (χ1v) is 13.8. The molecule has 0 unspecified atom stereocenters. The molecule has 0 aliphatic carbocycles. The fourth-order valence-electron chi connectivity index (χ4n) is 4.41. The van der Waals surface area contributed by atoms with Crippen LogP contribution in [0.5, 0.6) is 5.75 Å². The number of ether oxygens (including phenoxy) is 1. The highest BCUT2D eigenvalue weighted by molar-refractivity contribution is 7.98. The van der Waals surface area contributed by atoms with E-state index in [0.717, 1.165) is 38.1 Å². The number of hydrogen-bond acceptors (Lipinski definition) is 5. The maximum atomic E-state index is 13.5. The Hall–Kier alpha value is -2.78. The van der Waals surface area contributed by atoms with Crippen LogP contribution >= 0.6 is 11.8 Å². The van der Waals surface area contributed by atoms with Gasteiger partial charge in [0.15, 0.2) is 0 Å². The number of nitrogens with one attached hydrogen (secondary N) is 2. The van der Waals surface area contributed by atoms with E-state index >= 15 is 0 Å². The van der Waals surface area contributed by atoms with Crippen LogP contribution in [0.25, 0.3) is 22.0 Å². The molecule has 0 fully saturated rings. The van der Waals surface area contributed by atoms with E-state index in [1.54, 1.807) is 17.8 Å². The minimum Gasteiger partial charge on any atom is -0.492 e. The summed E-state index contributed by atoms with van der Waals surface area (Å²) in [5.41, 5.74) is 4.57. The number of aliphatic hydroxyl groups excluding tert-OH is 1. The zero-order chi connectivity index (χ0) is 23.7. The average Bonchev–Trinajstić information content (AvgIpc) is 3.50. The van der Waals surface area contributed by atoms with Crippen LogP contribution in [-0.4, -0.2) is 44.0 Å². The van der Waals surface area contributed by atoms with Gasteiger partial charge in [-0.3, -0.25) is 0 Å². The molecule has 34 heavy (non-hydrogen) atoms. The van der Waals surface area contributed by atoms with Crippen LogP contribution in [0, 0.1) is 0 Å². The molecular formula is C26H26N2O4S2. The molecule has 0 radical (unpaired) electrons. The second-order valence-electron chi connectivity index (χ2n) is 8.35. The van der Waals surface area contributed by atoms with E-state index in [1.165, 1.54) is 0 Å². The molecule has 6 nitrogen and oxygen atoms in total. The SMILES string of the molecule is CSc1ccc(-c2cc3c(c(S(=O)(=O)N[C@@H](CO)Cc4c[nH]c5ccccc45)c2)OCC3)cc1. The third-order valence-corrected chi connectivity index (χ3v) is 8.42. The highest BCUT2D eigenvalue weighted by atomic mass is 32.2. The Morgan fingerprint density at radius 2 is 1.91 bits per heavy atom. The summed E-state index contributed by atoms with van der Waals surface area (Å²) in [6.07, 6.45) is 4.90. The Bertz CT molecular complexity index is 1430. The lowest BCUT2D eigenvalue weighted by molar-refractivity contribution is 0.256. The van der Waals surface area contributed by atoms with Crippen molar-refractivity contribution in [2.45, 2.75) is 28.7 Å². The molecule has 3 aromatic carbocycles. The number of fused-ring (bicyclic) bond motifs is 2. The molecule has 1 aliphatic rings. The van der Waals surface area contributed by atoms with Crippen molar-refractivity contribution < 1.29 is 18.3 Å². The third kappa shape index (κ3) is 4.46. The summed E-state index contributed by atoms with van der Waals surface area (Å²) in [5.74, 6) is 0.403. The number of sulfonamides is 1.